The molecular weight excluding hydrogens is 326 g/mol. The molecule has 2 rings (SSSR count). The van der Waals surface area contributed by atoms with E-state index in [2.05, 4.69) is 71.5 Å². The molecule has 0 aliphatic carbocycles. The van der Waals surface area contributed by atoms with E-state index in [0.29, 0.717) is 0 Å². The second-order valence-corrected chi connectivity index (χ2v) is 6.17. The zero-order chi connectivity index (χ0) is 15.4. The molecule has 0 heterocycles. The van der Waals surface area contributed by atoms with Crippen molar-refractivity contribution in [3.05, 3.63) is 63.1 Å². The molecule has 0 fully saturated rings. The highest BCUT2D eigenvalue weighted by molar-refractivity contribution is 9.10. The van der Waals surface area contributed by atoms with Crippen LogP contribution in [-0.4, -0.2) is 14.2 Å². The average molecular weight is 348 g/mol. The van der Waals surface area contributed by atoms with Crippen LogP contribution in [0.15, 0.2) is 40.9 Å². The van der Waals surface area contributed by atoms with Crippen molar-refractivity contribution < 1.29 is 4.74 Å². The minimum absolute atomic E-state index is 0.220. The Kier molecular flexibility index (Phi) is 5.43. The Labute approximate surface area is 135 Å². The fourth-order valence-electron chi connectivity index (χ4n) is 2.55. The third kappa shape index (κ3) is 3.66. The smallest absolute Gasteiger partial charge is 0.123 e. The number of benzene rings is 2. The quantitative estimate of drug-likeness (QED) is 0.854. The summed E-state index contributed by atoms with van der Waals surface area (Å²) < 4.78 is 6.69. The van der Waals surface area contributed by atoms with Gasteiger partial charge in [-0.2, -0.15) is 0 Å². The molecule has 1 N–H and O–H groups in total. The molecule has 0 aliphatic rings. The van der Waals surface area contributed by atoms with E-state index in [1.54, 1.807) is 7.11 Å². The van der Waals surface area contributed by atoms with Gasteiger partial charge in [-0.25, -0.2) is 0 Å². The lowest BCUT2D eigenvalue weighted by Crippen LogP contribution is -2.20. The van der Waals surface area contributed by atoms with Crippen molar-refractivity contribution >= 4 is 15.9 Å². The highest BCUT2D eigenvalue weighted by Crippen LogP contribution is 2.33. The zero-order valence-corrected chi connectivity index (χ0v) is 14.6. The summed E-state index contributed by atoms with van der Waals surface area (Å²) in [5.41, 5.74) is 5.04. The highest BCUT2D eigenvalue weighted by atomic mass is 79.9. The SMILES string of the molecule is CNC(Cc1ccccc1C)c1cc(Br)c(C)cc1OC. The molecule has 1 atom stereocenters. The lowest BCUT2D eigenvalue weighted by atomic mass is 9.95. The first-order valence-electron chi connectivity index (χ1n) is 7.12. The van der Waals surface area contributed by atoms with Crippen molar-refractivity contribution in [2.24, 2.45) is 0 Å². The molecule has 21 heavy (non-hydrogen) atoms. The third-order valence-corrected chi connectivity index (χ3v) is 4.77. The van der Waals surface area contributed by atoms with Crippen molar-refractivity contribution in [3.63, 3.8) is 0 Å². The minimum atomic E-state index is 0.220. The van der Waals surface area contributed by atoms with Gasteiger partial charge in [-0.05, 0) is 56.1 Å². The molecule has 2 nitrogen and oxygen atoms in total. The van der Waals surface area contributed by atoms with Gasteiger partial charge in [0.2, 0.25) is 0 Å². The highest BCUT2D eigenvalue weighted by Gasteiger charge is 2.17. The summed E-state index contributed by atoms with van der Waals surface area (Å²) in [4.78, 5) is 0. The standard InChI is InChI=1S/C18H22BrNO/c1-12-7-5-6-8-14(12)10-17(20-3)15-11-16(19)13(2)9-18(15)21-4/h5-9,11,17,20H,10H2,1-4H3. The average Bonchev–Trinajstić information content (AvgIpc) is 2.49. The molecular formula is C18H22BrNO. The van der Waals surface area contributed by atoms with Gasteiger partial charge in [0.05, 0.1) is 7.11 Å². The van der Waals surface area contributed by atoms with Gasteiger partial charge >= 0.3 is 0 Å². The van der Waals surface area contributed by atoms with E-state index >= 15 is 0 Å². The summed E-state index contributed by atoms with van der Waals surface area (Å²) in [6.07, 6.45) is 0.940. The van der Waals surface area contributed by atoms with E-state index in [4.69, 9.17) is 4.74 Å². The first-order valence-corrected chi connectivity index (χ1v) is 7.92. The van der Waals surface area contributed by atoms with Crippen LogP contribution in [0.3, 0.4) is 0 Å². The number of aryl methyl sites for hydroxylation is 2. The summed E-state index contributed by atoms with van der Waals surface area (Å²) in [7, 11) is 3.73. The van der Waals surface area contributed by atoms with Gasteiger partial charge in [-0.1, -0.05) is 40.2 Å². The topological polar surface area (TPSA) is 21.3 Å². The van der Waals surface area contributed by atoms with Crippen LogP contribution >= 0.6 is 15.9 Å². The number of hydrogen-bond acceptors (Lipinski definition) is 2. The van der Waals surface area contributed by atoms with Gasteiger partial charge in [-0.15, -0.1) is 0 Å². The molecule has 0 saturated carbocycles. The van der Waals surface area contributed by atoms with Crippen LogP contribution < -0.4 is 10.1 Å². The Morgan fingerprint density at radius 1 is 1.14 bits per heavy atom. The Hall–Kier alpha value is -1.32. The van der Waals surface area contributed by atoms with E-state index in [9.17, 15) is 0 Å². The van der Waals surface area contributed by atoms with Gasteiger partial charge < -0.3 is 10.1 Å². The number of ether oxygens (including phenoxy) is 1. The van der Waals surface area contributed by atoms with Crippen molar-refractivity contribution in [2.75, 3.05) is 14.2 Å². The lowest BCUT2D eigenvalue weighted by Gasteiger charge is -2.21. The molecule has 0 aromatic heterocycles. The van der Waals surface area contributed by atoms with Crippen LogP contribution in [0.4, 0.5) is 0 Å². The molecule has 0 spiro atoms. The molecule has 0 amide bonds. The van der Waals surface area contributed by atoms with Crippen molar-refractivity contribution in [2.45, 2.75) is 26.3 Å². The molecule has 0 aliphatic heterocycles. The summed E-state index contributed by atoms with van der Waals surface area (Å²) in [5, 5.41) is 3.41. The Morgan fingerprint density at radius 2 is 1.86 bits per heavy atom. The fourth-order valence-corrected chi connectivity index (χ4v) is 2.91. The van der Waals surface area contributed by atoms with Crippen molar-refractivity contribution in [3.8, 4) is 5.75 Å². The molecule has 0 bridgehead atoms. The van der Waals surface area contributed by atoms with E-state index in [0.717, 1.165) is 16.6 Å². The molecule has 1 unspecified atom stereocenters. The van der Waals surface area contributed by atoms with Crippen LogP contribution in [0.25, 0.3) is 0 Å². The summed E-state index contributed by atoms with van der Waals surface area (Å²) in [6.45, 7) is 4.23. The van der Waals surface area contributed by atoms with E-state index in [-0.39, 0.29) is 6.04 Å². The van der Waals surface area contributed by atoms with Gasteiger partial charge in [0.25, 0.3) is 0 Å². The van der Waals surface area contributed by atoms with Crippen LogP contribution in [0.2, 0.25) is 0 Å². The Morgan fingerprint density at radius 3 is 2.48 bits per heavy atom. The molecule has 0 radical (unpaired) electrons. The second kappa shape index (κ2) is 7.10. The van der Waals surface area contributed by atoms with Gasteiger partial charge in [-0.3, -0.25) is 0 Å². The summed E-state index contributed by atoms with van der Waals surface area (Å²) in [5.74, 6) is 0.934. The maximum Gasteiger partial charge on any atom is 0.123 e. The predicted octanol–water partition coefficient (Wildman–Crippen LogP) is 4.58. The first kappa shape index (κ1) is 16.1. The summed E-state index contributed by atoms with van der Waals surface area (Å²) >= 11 is 3.62. The number of likely N-dealkylation sites (N-methyl/N-ethyl adjacent to an activating group) is 1. The second-order valence-electron chi connectivity index (χ2n) is 5.32. The molecule has 2 aromatic rings. The van der Waals surface area contributed by atoms with Crippen LogP contribution in [0.1, 0.15) is 28.3 Å². The number of hydrogen-bond donors (Lipinski definition) is 1. The number of halogens is 1. The molecule has 112 valence electrons. The van der Waals surface area contributed by atoms with Crippen molar-refractivity contribution in [1.82, 2.24) is 5.32 Å². The predicted molar refractivity (Wildman–Crippen MR) is 92.1 cm³/mol. The minimum Gasteiger partial charge on any atom is -0.496 e. The van der Waals surface area contributed by atoms with Gasteiger partial charge in [0.15, 0.2) is 0 Å². The van der Waals surface area contributed by atoms with Gasteiger partial charge in [0.1, 0.15) is 5.75 Å². The van der Waals surface area contributed by atoms with Crippen LogP contribution in [0, 0.1) is 13.8 Å². The lowest BCUT2D eigenvalue weighted by molar-refractivity contribution is 0.400. The number of methoxy groups -OCH3 is 1. The molecule has 2 aromatic carbocycles. The van der Waals surface area contributed by atoms with E-state index in [1.165, 1.54) is 22.3 Å². The zero-order valence-electron chi connectivity index (χ0n) is 13.0. The molecule has 3 heteroatoms. The van der Waals surface area contributed by atoms with E-state index in [1.807, 2.05) is 7.05 Å². The van der Waals surface area contributed by atoms with E-state index < -0.39 is 0 Å². The maximum absolute atomic E-state index is 5.57. The Bertz CT molecular complexity index is 625. The summed E-state index contributed by atoms with van der Waals surface area (Å²) in [6, 6.07) is 13.0. The monoisotopic (exact) mass is 347 g/mol. The Balaban J connectivity index is 2.38. The van der Waals surface area contributed by atoms with Crippen LogP contribution in [-0.2, 0) is 6.42 Å². The van der Waals surface area contributed by atoms with Crippen molar-refractivity contribution in [1.29, 1.82) is 0 Å². The number of nitrogens with one attached hydrogen (secondary N) is 1. The van der Waals surface area contributed by atoms with Crippen LogP contribution in [0.5, 0.6) is 5.75 Å². The maximum atomic E-state index is 5.57. The number of rotatable bonds is 5. The fraction of sp³-hybridized carbons (Fsp3) is 0.333. The largest absolute Gasteiger partial charge is 0.496 e. The normalized spacial score (nSPS) is 12.2. The third-order valence-electron chi connectivity index (χ3n) is 3.92. The molecule has 0 saturated heterocycles. The first-order chi connectivity index (χ1) is 10.1. The van der Waals surface area contributed by atoms with Gasteiger partial charge in [0, 0.05) is 16.1 Å².